The van der Waals surface area contributed by atoms with Crippen LogP contribution >= 0.6 is 45.2 Å². The lowest BCUT2D eigenvalue weighted by Crippen LogP contribution is -2.51. The number of rotatable bonds is 5. The molecule has 0 aliphatic carbocycles. The van der Waals surface area contributed by atoms with Crippen molar-refractivity contribution < 1.29 is 14.3 Å². The number of ether oxygens (including phenoxy) is 1. The van der Waals surface area contributed by atoms with Crippen molar-refractivity contribution >= 4 is 68.4 Å². The van der Waals surface area contributed by atoms with Gasteiger partial charge in [-0.15, -0.1) is 0 Å². The van der Waals surface area contributed by atoms with E-state index in [-0.39, 0.29) is 12.5 Å². The number of nitrogens with one attached hydrogen (secondary N) is 1. The van der Waals surface area contributed by atoms with Crippen molar-refractivity contribution in [1.29, 1.82) is 0 Å². The maximum Gasteiger partial charge on any atom is 0.336 e. The van der Waals surface area contributed by atoms with Crippen LogP contribution in [0.4, 0.5) is 11.4 Å². The summed E-state index contributed by atoms with van der Waals surface area (Å²) in [4.78, 5) is 27.4. The smallest absolute Gasteiger partial charge is 0.336 e. The molecule has 3 rings (SSSR count). The number of benzene rings is 2. The first-order valence-corrected chi connectivity index (χ1v) is 10.5. The Hall–Kier alpha value is -1.62. The summed E-state index contributed by atoms with van der Waals surface area (Å²) in [6.07, 6.45) is 1.64. The molecule has 2 aromatic carbocycles. The molecule has 0 saturated carbocycles. The molecule has 7 heteroatoms. The third-order valence-electron chi connectivity index (χ3n) is 4.22. The highest BCUT2D eigenvalue weighted by molar-refractivity contribution is 14.1. The average Bonchev–Trinajstić information content (AvgIpc) is 2.90. The highest BCUT2D eigenvalue weighted by Crippen LogP contribution is 2.35. The van der Waals surface area contributed by atoms with Gasteiger partial charge in [-0.25, -0.2) is 4.79 Å². The van der Waals surface area contributed by atoms with Crippen LogP contribution in [0.1, 0.15) is 13.8 Å². The Morgan fingerprint density at radius 3 is 2.19 bits per heavy atom. The molecule has 0 radical (unpaired) electrons. The van der Waals surface area contributed by atoms with Gasteiger partial charge in [-0.1, -0.05) is 0 Å². The summed E-state index contributed by atoms with van der Waals surface area (Å²) in [6.45, 7) is 3.70. The van der Waals surface area contributed by atoms with E-state index in [4.69, 9.17) is 4.74 Å². The first-order valence-electron chi connectivity index (χ1n) is 8.38. The third-order valence-corrected chi connectivity index (χ3v) is 5.66. The molecule has 1 atom stereocenters. The number of carbonyl (C=O) groups is 2. The Kier molecular flexibility index (Phi) is 6.09. The summed E-state index contributed by atoms with van der Waals surface area (Å²) in [7, 11) is 0. The molecule has 1 N–H and O–H groups in total. The summed E-state index contributed by atoms with van der Waals surface area (Å²) in [6, 6.07) is 15.2. The lowest BCUT2D eigenvalue weighted by Gasteiger charge is -2.32. The zero-order chi connectivity index (χ0) is 19.6. The molecule has 1 unspecified atom stereocenters. The first kappa shape index (κ1) is 20.1. The Morgan fingerprint density at radius 2 is 1.63 bits per heavy atom. The van der Waals surface area contributed by atoms with E-state index < -0.39 is 11.5 Å². The van der Waals surface area contributed by atoms with Crippen molar-refractivity contribution in [2.45, 2.75) is 19.4 Å². The van der Waals surface area contributed by atoms with Gasteiger partial charge in [-0.3, -0.25) is 9.69 Å². The molecule has 0 spiro atoms. The van der Waals surface area contributed by atoms with E-state index in [9.17, 15) is 9.59 Å². The second-order valence-corrected chi connectivity index (χ2v) is 8.67. The normalized spacial score (nSPS) is 19.0. The monoisotopic (exact) mass is 588 g/mol. The second-order valence-electron chi connectivity index (χ2n) is 6.17. The number of esters is 1. The molecular formula is C20H18I2N2O3. The maximum absolute atomic E-state index is 13.2. The Labute approximate surface area is 185 Å². The molecule has 140 valence electrons. The number of anilines is 2. The maximum atomic E-state index is 13.2. The highest BCUT2D eigenvalue weighted by atomic mass is 127. The van der Waals surface area contributed by atoms with Gasteiger partial charge in [0.05, 0.1) is 6.61 Å². The number of nitrogens with zero attached hydrogens (tertiary/aromatic N) is 1. The van der Waals surface area contributed by atoms with Gasteiger partial charge < -0.3 is 10.1 Å². The summed E-state index contributed by atoms with van der Waals surface area (Å²) in [5.41, 5.74) is 0.563. The number of hydrogen-bond donors (Lipinski definition) is 1. The van der Waals surface area contributed by atoms with E-state index in [0.29, 0.717) is 11.4 Å². The van der Waals surface area contributed by atoms with Gasteiger partial charge in [0.2, 0.25) is 0 Å². The van der Waals surface area contributed by atoms with Gasteiger partial charge in [-0.2, -0.15) is 0 Å². The first-order chi connectivity index (χ1) is 12.8. The highest BCUT2D eigenvalue weighted by Gasteiger charge is 2.49. The second kappa shape index (κ2) is 8.17. The Balaban J connectivity index is 1.99. The molecule has 1 aliphatic heterocycles. The number of hydrogen-bond acceptors (Lipinski definition) is 4. The molecule has 0 aromatic heterocycles. The minimum atomic E-state index is -1.22. The lowest BCUT2D eigenvalue weighted by molar-refractivity contribution is -0.147. The van der Waals surface area contributed by atoms with Crippen LogP contribution in [0.25, 0.3) is 0 Å². The van der Waals surface area contributed by atoms with E-state index in [1.54, 1.807) is 19.9 Å². The predicted molar refractivity (Wildman–Crippen MR) is 123 cm³/mol. The van der Waals surface area contributed by atoms with Crippen molar-refractivity contribution in [3.05, 3.63) is 67.4 Å². The van der Waals surface area contributed by atoms with Crippen molar-refractivity contribution in [1.82, 2.24) is 0 Å². The fourth-order valence-corrected chi connectivity index (χ4v) is 3.64. The number of carbonyl (C=O) groups excluding carboxylic acids is 2. The Morgan fingerprint density at radius 1 is 1.07 bits per heavy atom. The summed E-state index contributed by atoms with van der Waals surface area (Å²) in [5, 5.41) is 3.14. The fraction of sp³-hybridized carbons (Fsp3) is 0.200. The zero-order valence-corrected chi connectivity index (χ0v) is 19.1. The largest absolute Gasteiger partial charge is 0.464 e. The van der Waals surface area contributed by atoms with Gasteiger partial charge in [0, 0.05) is 18.5 Å². The predicted octanol–water partition coefficient (Wildman–Crippen LogP) is 4.56. The van der Waals surface area contributed by atoms with Gasteiger partial charge in [0.1, 0.15) is 5.70 Å². The minimum absolute atomic E-state index is 0.247. The van der Waals surface area contributed by atoms with Crippen molar-refractivity contribution in [3.8, 4) is 0 Å². The van der Waals surface area contributed by atoms with E-state index in [2.05, 4.69) is 50.5 Å². The molecule has 1 amide bonds. The number of amides is 1. The van der Waals surface area contributed by atoms with Crippen LogP contribution in [0.2, 0.25) is 0 Å². The van der Waals surface area contributed by atoms with Crippen LogP contribution < -0.4 is 10.2 Å². The summed E-state index contributed by atoms with van der Waals surface area (Å²) >= 11 is 4.42. The van der Waals surface area contributed by atoms with Crippen LogP contribution in [-0.2, 0) is 14.3 Å². The summed E-state index contributed by atoms with van der Waals surface area (Å²) in [5.74, 6) is -0.735. The van der Waals surface area contributed by atoms with Crippen LogP contribution in [0, 0.1) is 7.14 Å². The van der Waals surface area contributed by atoms with E-state index in [1.807, 2.05) is 48.5 Å². The van der Waals surface area contributed by atoms with Gasteiger partial charge in [-0.05, 0) is 114 Å². The Bertz CT molecular complexity index is 894. The molecule has 5 nitrogen and oxygen atoms in total. The lowest BCUT2D eigenvalue weighted by atomic mass is 10.0. The summed E-state index contributed by atoms with van der Waals surface area (Å²) < 4.78 is 7.41. The molecule has 0 fully saturated rings. The van der Waals surface area contributed by atoms with Crippen LogP contribution in [0.3, 0.4) is 0 Å². The van der Waals surface area contributed by atoms with E-state index in [1.165, 1.54) is 4.90 Å². The molecule has 0 saturated heterocycles. The quantitative estimate of drug-likeness (QED) is 0.412. The van der Waals surface area contributed by atoms with Crippen LogP contribution in [-0.4, -0.2) is 24.0 Å². The van der Waals surface area contributed by atoms with Crippen molar-refractivity contribution in [2.75, 3.05) is 16.8 Å². The minimum Gasteiger partial charge on any atom is -0.464 e. The zero-order valence-electron chi connectivity index (χ0n) is 14.8. The molecule has 1 aliphatic rings. The third kappa shape index (κ3) is 4.13. The van der Waals surface area contributed by atoms with Crippen molar-refractivity contribution in [3.63, 3.8) is 0 Å². The van der Waals surface area contributed by atoms with Gasteiger partial charge in [0.25, 0.3) is 5.91 Å². The molecule has 27 heavy (non-hydrogen) atoms. The average molecular weight is 588 g/mol. The number of halogens is 2. The van der Waals surface area contributed by atoms with Gasteiger partial charge in [0.15, 0.2) is 5.54 Å². The SMILES string of the molecule is CCOC(=O)C1(C)C=C(Nc2ccc(I)cc2)C(=O)N1c1ccc(I)cc1. The van der Waals surface area contributed by atoms with E-state index >= 15 is 0 Å². The standard InChI is InChI=1S/C20H18I2N2O3/c1-3-27-19(26)20(2)12-17(23-15-8-4-13(21)5-9-15)18(25)24(20)16-10-6-14(22)7-11-16/h4-12,23H,3H2,1-2H3. The molecule has 1 heterocycles. The fourth-order valence-electron chi connectivity index (χ4n) is 2.92. The topological polar surface area (TPSA) is 58.6 Å². The van der Waals surface area contributed by atoms with E-state index in [0.717, 1.165) is 12.8 Å². The molecular weight excluding hydrogens is 570 g/mol. The van der Waals surface area contributed by atoms with Crippen LogP contribution in [0.15, 0.2) is 60.3 Å². The molecule has 0 bridgehead atoms. The van der Waals surface area contributed by atoms with Crippen molar-refractivity contribution in [2.24, 2.45) is 0 Å². The van der Waals surface area contributed by atoms with Crippen LogP contribution in [0.5, 0.6) is 0 Å². The van der Waals surface area contributed by atoms with Gasteiger partial charge >= 0.3 is 5.97 Å². The molecule has 2 aromatic rings.